The fourth-order valence-corrected chi connectivity index (χ4v) is 1.32. The Morgan fingerprint density at radius 3 is 1.73 bits per heavy atom. The van der Waals surface area contributed by atoms with E-state index in [9.17, 15) is 0 Å². The molecule has 0 nitrogen and oxygen atoms in total. The summed E-state index contributed by atoms with van der Waals surface area (Å²) in [5.41, 5.74) is 0. The second-order valence-electron chi connectivity index (χ2n) is 1.90. The highest BCUT2D eigenvalue weighted by Gasteiger charge is 1.74. The minimum Gasteiger partial charge on any atom is -0.179 e. The summed E-state index contributed by atoms with van der Waals surface area (Å²) in [6.45, 7) is 0. The molecule has 0 radical (unpaired) electrons. The van der Waals surface area contributed by atoms with Gasteiger partial charge < -0.3 is 0 Å². The molecule has 0 heterocycles. The number of thioether (sulfide) groups is 1. The van der Waals surface area contributed by atoms with Crippen molar-refractivity contribution in [2.75, 3.05) is 11.5 Å². The minimum absolute atomic E-state index is 0.928. The van der Waals surface area contributed by atoms with Crippen molar-refractivity contribution in [1.29, 1.82) is 0 Å². The van der Waals surface area contributed by atoms with Crippen LogP contribution in [0.25, 0.3) is 0 Å². The molecule has 0 aromatic carbocycles. The quantitative estimate of drug-likeness (QED) is 0.628. The summed E-state index contributed by atoms with van der Waals surface area (Å²) in [7, 11) is 0. The third-order valence-electron chi connectivity index (χ3n) is 0.941. The Morgan fingerprint density at radius 1 is 0.909 bits per heavy atom. The molecule has 0 saturated carbocycles. The van der Waals surface area contributed by atoms with Gasteiger partial charge in [-0.2, -0.15) is 25.3 Å². The maximum absolute atomic E-state index is 4.09. The Labute approximate surface area is 84.3 Å². The Bertz CT molecular complexity index is 105. The predicted molar refractivity (Wildman–Crippen MR) is 62.8 cm³/mol. The van der Waals surface area contributed by atoms with E-state index in [4.69, 9.17) is 0 Å². The minimum atomic E-state index is 0.928. The standard InChI is InChI=1S/C8H14S3/c9-5-1-3-7-11-8-4-2-6-10/h3-4,7-10H,1-2,5-6H2. The molecule has 0 amide bonds. The van der Waals surface area contributed by atoms with Gasteiger partial charge in [-0.1, -0.05) is 12.2 Å². The maximum atomic E-state index is 4.09. The molecule has 0 N–H and O–H groups in total. The number of hydrogen-bond acceptors (Lipinski definition) is 3. The van der Waals surface area contributed by atoms with Crippen LogP contribution in [0.5, 0.6) is 0 Å². The normalized spacial score (nSPS) is 11.8. The monoisotopic (exact) mass is 206 g/mol. The molecule has 11 heavy (non-hydrogen) atoms. The fraction of sp³-hybridized carbons (Fsp3) is 0.500. The summed E-state index contributed by atoms with van der Waals surface area (Å²) in [4.78, 5) is 0. The molecule has 0 unspecified atom stereocenters. The largest absolute Gasteiger partial charge is 0.179 e. The van der Waals surface area contributed by atoms with Gasteiger partial charge in [-0.3, -0.25) is 0 Å². The molecular weight excluding hydrogens is 192 g/mol. The van der Waals surface area contributed by atoms with Gasteiger partial charge in [-0.15, -0.1) is 11.8 Å². The zero-order chi connectivity index (χ0) is 8.36. The van der Waals surface area contributed by atoms with Gasteiger partial charge in [-0.25, -0.2) is 0 Å². The molecule has 0 fully saturated rings. The number of allylic oxidation sites excluding steroid dienone is 2. The molecule has 0 saturated heterocycles. The van der Waals surface area contributed by atoms with Gasteiger partial charge in [0, 0.05) is 0 Å². The van der Waals surface area contributed by atoms with E-state index in [0.717, 1.165) is 24.3 Å². The number of thiol groups is 2. The van der Waals surface area contributed by atoms with Gasteiger partial charge in [0.05, 0.1) is 0 Å². The molecule has 0 aromatic rings. The van der Waals surface area contributed by atoms with E-state index in [1.54, 1.807) is 11.8 Å². The Kier molecular flexibility index (Phi) is 11.0. The molecular formula is C8H14S3. The third kappa shape index (κ3) is 10.5. The van der Waals surface area contributed by atoms with Crippen LogP contribution in [0.3, 0.4) is 0 Å². The first-order valence-corrected chi connectivity index (χ1v) is 5.79. The molecule has 3 heteroatoms. The van der Waals surface area contributed by atoms with Gasteiger partial charge in [0.25, 0.3) is 0 Å². The van der Waals surface area contributed by atoms with Crippen LogP contribution in [0.4, 0.5) is 0 Å². The second kappa shape index (κ2) is 10.5. The average molecular weight is 206 g/mol. The van der Waals surface area contributed by atoms with Gasteiger partial charge in [0.2, 0.25) is 0 Å². The predicted octanol–water partition coefficient (Wildman–Crippen LogP) is 3.39. The highest BCUT2D eigenvalue weighted by Crippen LogP contribution is 2.05. The first-order valence-electron chi connectivity index (χ1n) is 3.59. The van der Waals surface area contributed by atoms with E-state index in [2.05, 4.69) is 48.2 Å². The van der Waals surface area contributed by atoms with Crippen molar-refractivity contribution in [2.24, 2.45) is 0 Å². The van der Waals surface area contributed by atoms with E-state index < -0.39 is 0 Å². The van der Waals surface area contributed by atoms with E-state index >= 15 is 0 Å². The van der Waals surface area contributed by atoms with E-state index in [1.807, 2.05) is 0 Å². The van der Waals surface area contributed by atoms with Crippen molar-refractivity contribution < 1.29 is 0 Å². The molecule has 0 rings (SSSR count). The van der Waals surface area contributed by atoms with E-state index in [-0.39, 0.29) is 0 Å². The lowest BCUT2D eigenvalue weighted by atomic mass is 10.5. The van der Waals surface area contributed by atoms with Gasteiger partial charge in [-0.05, 0) is 35.2 Å². The topological polar surface area (TPSA) is 0 Å². The third-order valence-corrected chi connectivity index (χ3v) is 2.16. The van der Waals surface area contributed by atoms with Crippen molar-refractivity contribution >= 4 is 37.0 Å². The summed E-state index contributed by atoms with van der Waals surface area (Å²) in [5, 5.41) is 4.18. The number of rotatable bonds is 6. The van der Waals surface area contributed by atoms with Crippen molar-refractivity contribution in [3.05, 3.63) is 23.0 Å². The lowest BCUT2D eigenvalue weighted by Crippen LogP contribution is -1.64. The van der Waals surface area contributed by atoms with Crippen LogP contribution >= 0.6 is 37.0 Å². The van der Waals surface area contributed by atoms with Crippen LogP contribution in [-0.2, 0) is 0 Å². The SMILES string of the molecule is SCCC=CSC=CCCS. The zero-order valence-corrected chi connectivity index (χ0v) is 9.05. The summed E-state index contributed by atoms with van der Waals surface area (Å²) in [5.74, 6) is 1.86. The van der Waals surface area contributed by atoms with Crippen LogP contribution < -0.4 is 0 Å². The van der Waals surface area contributed by atoms with Crippen LogP contribution in [-0.4, -0.2) is 11.5 Å². The average Bonchev–Trinajstić information content (AvgIpc) is 2.03. The van der Waals surface area contributed by atoms with Crippen molar-refractivity contribution in [3.8, 4) is 0 Å². The maximum Gasteiger partial charge on any atom is -0.00630 e. The van der Waals surface area contributed by atoms with Crippen molar-refractivity contribution in [3.63, 3.8) is 0 Å². The second-order valence-corrected chi connectivity index (χ2v) is 3.62. The molecule has 64 valence electrons. The molecule has 0 aromatic heterocycles. The molecule has 0 aliphatic carbocycles. The van der Waals surface area contributed by atoms with E-state index in [0.29, 0.717) is 0 Å². The van der Waals surface area contributed by atoms with Crippen molar-refractivity contribution in [1.82, 2.24) is 0 Å². The Balaban J connectivity index is 3.11. The van der Waals surface area contributed by atoms with Gasteiger partial charge in [0.1, 0.15) is 0 Å². The molecule has 0 spiro atoms. The fourth-order valence-electron chi connectivity index (χ4n) is 0.442. The van der Waals surface area contributed by atoms with Crippen LogP contribution in [0.2, 0.25) is 0 Å². The lowest BCUT2D eigenvalue weighted by Gasteiger charge is -1.84. The van der Waals surface area contributed by atoms with Crippen molar-refractivity contribution in [2.45, 2.75) is 12.8 Å². The Morgan fingerprint density at radius 2 is 1.36 bits per heavy atom. The first kappa shape index (κ1) is 11.5. The summed E-state index contributed by atoms with van der Waals surface area (Å²) < 4.78 is 0. The molecule has 0 atom stereocenters. The smallest absolute Gasteiger partial charge is 0.00630 e. The van der Waals surface area contributed by atoms with Gasteiger partial charge in [0.15, 0.2) is 0 Å². The summed E-state index contributed by atoms with van der Waals surface area (Å²) in [6, 6.07) is 0. The van der Waals surface area contributed by atoms with Crippen LogP contribution in [0.1, 0.15) is 12.8 Å². The zero-order valence-electron chi connectivity index (χ0n) is 6.44. The Hall–Kier alpha value is 0.530. The first-order chi connectivity index (χ1) is 5.41. The molecule has 0 aliphatic rings. The summed E-state index contributed by atoms with van der Waals surface area (Å²) in [6.07, 6.45) is 6.36. The highest BCUT2D eigenvalue weighted by atomic mass is 32.2. The van der Waals surface area contributed by atoms with E-state index in [1.165, 1.54) is 0 Å². The molecule has 0 aliphatic heterocycles. The lowest BCUT2D eigenvalue weighted by molar-refractivity contribution is 1.26. The number of hydrogen-bond donors (Lipinski definition) is 2. The van der Waals surface area contributed by atoms with Crippen LogP contribution in [0, 0.1) is 0 Å². The highest BCUT2D eigenvalue weighted by molar-refractivity contribution is 8.04. The van der Waals surface area contributed by atoms with Crippen LogP contribution in [0.15, 0.2) is 23.0 Å². The summed E-state index contributed by atoms with van der Waals surface area (Å²) >= 11 is 9.89. The van der Waals surface area contributed by atoms with Gasteiger partial charge >= 0.3 is 0 Å². The molecule has 0 bridgehead atoms.